The fraction of sp³-hybridized carbons (Fsp3) is 0.120. The van der Waals surface area contributed by atoms with Crippen molar-refractivity contribution in [2.45, 2.75) is 13.5 Å². The summed E-state index contributed by atoms with van der Waals surface area (Å²) in [5.41, 5.74) is 7.75. The Hall–Kier alpha value is -3.95. The third kappa shape index (κ3) is 3.64. The molecular formula is C25H20FN7S. The van der Waals surface area contributed by atoms with Gasteiger partial charge in [-0.25, -0.2) is 4.98 Å². The highest BCUT2D eigenvalue weighted by Gasteiger charge is 2.16. The summed E-state index contributed by atoms with van der Waals surface area (Å²) in [4.78, 5) is 17.9. The van der Waals surface area contributed by atoms with Crippen LogP contribution in [0, 0.1) is 5.13 Å². The van der Waals surface area contributed by atoms with Gasteiger partial charge in [0.1, 0.15) is 11.2 Å². The Morgan fingerprint density at radius 3 is 2.76 bits per heavy atom. The van der Waals surface area contributed by atoms with Crippen LogP contribution in [0.1, 0.15) is 12.5 Å². The van der Waals surface area contributed by atoms with Crippen LogP contribution in [0.3, 0.4) is 0 Å². The number of rotatable bonds is 6. The van der Waals surface area contributed by atoms with Crippen molar-refractivity contribution < 1.29 is 4.39 Å². The van der Waals surface area contributed by atoms with Crippen LogP contribution < -0.4 is 5.32 Å². The predicted octanol–water partition coefficient (Wildman–Crippen LogP) is 5.54. The fourth-order valence-corrected chi connectivity index (χ4v) is 4.83. The molecule has 6 heterocycles. The molecule has 3 N–H and O–H groups in total. The average molecular weight is 470 g/mol. The number of halogens is 1. The molecular weight excluding hydrogens is 449 g/mol. The molecule has 0 amide bonds. The topological polar surface area (TPSA) is 95.2 Å². The third-order valence-electron chi connectivity index (χ3n) is 5.72. The number of hydrogen-bond donors (Lipinski definition) is 3. The van der Waals surface area contributed by atoms with Crippen molar-refractivity contribution in [3.63, 3.8) is 0 Å². The van der Waals surface area contributed by atoms with Crippen LogP contribution in [-0.2, 0) is 6.54 Å². The lowest BCUT2D eigenvalue weighted by Crippen LogP contribution is -2.11. The molecule has 9 heteroatoms. The van der Waals surface area contributed by atoms with Crippen molar-refractivity contribution in [3.8, 4) is 33.1 Å². The average Bonchev–Trinajstić information content (AvgIpc) is 3.59. The monoisotopic (exact) mass is 469 g/mol. The fourth-order valence-electron chi connectivity index (χ4n) is 4.08. The molecule has 0 saturated heterocycles. The van der Waals surface area contributed by atoms with Crippen LogP contribution in [0.25, 0.3) is 55.0 Å². The minimum atomic E-state index is -0.221. The maximum atomic E-state index is 13.6. The lowest BCUT2D eigenvalue weighted by molar-refractivity contribution is 0.657. The first-order chi connectivity index (χ1) is 16.7. The molecule has 0 aliphatic rings. The van der Waals surface area contributed by atoms with Gasteiger partial charge in [0.2, 0.25) is 0 Å². The molecule has 0 aliphatic carbocycles. The van der Waals surface area contributed by atoms with Crippen molar-refractivity contribution in [1.82, 2.24) is 35.5 Å². The number of nitrogens with one attached hydrogen (secondary N) is 3. The summed E-state index contributed by atoms with van der Waals surface area (Å²) in [6.45, 7) is 3.74. The number of aromatic nitrogens is 6. The van der Waals surface area contributed by atoms with E-state index in [0.29, 0.717) is 5.69 Å². The highest BCUT2D eigenvalue weighted by Crippen LogP contribution is 2.36. The minimum Gasteiger partial charge on any atom is -0.352 e. The number of H-pyrrole nitrogens is 2. The first kappa shape index (κ1) is 20.6. The van der Waals surface area contributed by atoms with Crippen LogP contribution in [0.4, 0.5) is 4.39 Å². The van der Waals surface area contributed by atoms with Crippen molar-refractivity contribution in [2.24, 2.45) is 0 Å². The Labute approximate surface area is 198 Å². The Morgan fingerprint density at radius 1 is 1.00 bits per heavy atom. The summed E-state index contributed by atoms with van der Waals surface area (Å²) >= 11 is 1.11. The molecule has 6 aromatic rings. The number of aromatic amines is 2. The largest absolute Gasteiger partial charge is 0.352 e. The number of fused-ring (bicyclic) bond motifs is 2. The van der Waals surface area contributed by atoms with Gasteiger partial charge in [-0.2, -0.15) is 9.49 Å². The maximum Gasteiger partial charge on any atom is 0.176 e. The Balaban J connectivity index is 1.44. The molecule has 6 aromatic heterocycles. The number of pyridine rings is 3. The highest BCUT2D eigenvalue weighted by atomic mass is 32.1. The third-order valence-corrected chi connectivity index (χ3v) is 6.62. The Morgan fingerprint density at radius 2 is 1.91 bits per heavy atom. The quantitative estimate of drug-likeness (QED) is 0.298. The number of hydrogen-bond acceptors (Lipinski definition) is 6. The zero-order valence-electron chi connectivity index (χ0n) is 18.3. The van der Waals surface area contributed by atoms with E-state index in [1.807, 2.05) is 30.6 Å². The Bertz CT molecular complexity index is 1630. The molecule has 0 unspecified atom stereocenters. The summed E-state index contributed by atoms with van der Waals surface area (Å²) in [5, 5.41) is 11.7. The van der Waals surface area contributed by atoms with Gasteiger partial charge >= 0.3 is 0 Å². The summed E-state index contributed by atoms with van der Waals surface area (Å²) in [6, 6.07) is 11.3. The molecule has 0 radical (unpaired) electrons. The van der Waals surface area contributed by atoms with E-state index in [0.717, 1.165) is 79.3 Å². The normalized spacial score (nSPS) is 11.6. The molecule has 0 fully saturated rings. The van der Waals surface area contributed by atoms with E-state index < -0.39 is 0 Å². The van der Waals surface area contributed by atoms with Gasteiger partial charge in [-0.3, -0.25) is 15.1 Å². The van der Waals surface area contributed by atoms with Gasteiger partial charge in [-0.15, -0.1) is 11.3 Å². The number of nitrogens with zero attached hydrogens (tertiary/aromatic N) is 4. The molecule has 7 nitrogen and oxygen atoms in total. The molecule has 0 saturated carbocycles. The second-order valence-corrected chi connectivity index (χ2v) is 9.00. The minimum absolute atomic E-state index is 0.221. The van der Waals surface area contributed by atoms with E-state index in [9.17, 15) is 4.39 Å². The van der Waals surface area contributed by atoms with Gasteiger partial charge in [0.25, 0.3) is 0 Å². The molecule has 0 aliphatic heterocycles. The second-order valence-electron chi connectivity index (χ2n) is 7.96. The molecule has 0 atom stereocenters. The maximum absolute atomic E-state index is 13.6. The number of thiophene rings is 1. The standard InChI is InChI=1S/C25H20FN7S/c1-2-27-9-14-7-15(11-28-10-14)18-3-4-19-24(31-18)25(33-32-19)20-8-16-17(12-29-13-21(16)30-20)22-5-6-23(26)34-22/h3-8,10-13,27,30H,2,9H2,1H3,(H,32,33). The second kappa shape index (κ2) is 8.44. The van der Waals surface area contributed by atoms with E-state index >= 15 is 0 Å². The SMILES string of the molecule is CCNCc1cncc(-c2ccc3[nH]nc(-c4cc5c(-c6ccc(F)s6)cncc5[nH]4)c3n2)c1. The van der Waals surface area contributed by atoms with E-state index in [1.165, 1.54) is 6.07 Å². The first-order valence-corrected chi connectivity index (χ1v) is 11.7. The van der Waals surface area contributed by atoms with Crippen LogP contribution in [0.2, 0.25) is 0 Å². The molecule has 168 valence electrons. The highest BCUT2D eigenvalue weighted by molar-refractivity contribution is 7.14. The molecule has 34 heavy (non-hydrogen) atoms. The zero-order chi connectivity index (χ0) is 23.1. The van der Waals surface area contributed by atoms with Gasteiger partial charge in [0, 0.05) is 46.5 Å². The van der Waals surface area contributed by atoms with Gasteiger partial charge in [-0.05, 0) is 48.5 Å². The van der Waals surface area contributed by atoms with Crippen LogP contribution in [-0.4, -0.2) is 36.7 Å². The van der Waals surface area contributed by atoms with Crippen molar-refractivity contribution in [1.29, 1.82) is 0 Å². The van der Waals surface area contributed by atoms with Gasteiger partial charge in [-0.1, -0.05) is 6.92 Å². The zero-order valence-corrected chi connectivity index (χ0v) is 19.1. The summed E-state index contributed by atoms with van der Waals surface area (Å²) in [7, 11) is 0. The van der Waals surface area contributed by atoms with Gasteiger partial charge in [0.05, 0.1) is 28.6 Å². The molecule has 0 spiro atoms. The van der Waals surface area contributed by atoms with Gasteiger partial charge in [0.15, 0.2) is 5.13 Å². The van der Waals surface area contributed by atoms with Crippen LogP contribution in [0.5, 0.6) is 0 Å². The molecule has 0 aromatic carbocycles. The van der Waals surface area contributed by atoms with Crippen LogP contribution in [0.15, 0.2) is 61.2 Å². The van der Waals surface area contributed by atoms with E-state index in [2.05, 4.69) is 43.5 Å². The summed E-state index contributed by atoms with van der Waals surface area (Å²) < 4.78 is 13.6. The van der Waals surface area contributed by atoms with E-state index in [1.54, 1.807) is 18.5 Å². The lowest BCUT2D eigenvalue weighted by atomic mass is 10.1. The Kier molecular flexibility index (Phi) is 5.12. The van der Waals surface area contributed by atoms with E-state index in [-0.39, 0.29) is 5.13 Å². The first-order valence-electron chi connectivity index (χ1n) is 10.9. The van der Waals surface area contributed by atoms with Crippen molar-refractivity contribution in [2.75, 3.05) is 6.54 Å². The van der Waals surface area contributed by atoms with Gasteiger partial charge < -0.3 is 10.3 Å². The van der Waals surface area contributed by atoms with Crippen LogP contribution >= 0.6 is 11.3 Å². The lowest BCUT2D eigenvalue weighted by Gasteiger charge is -2.05. The van der Waals surface area contributed by atoms with Crippen molar-refractivity contribution >= 4 is 33.3 Å². The van der Waals surface area contributed by atoms with Crippen molar-refractivity contribution in [3.05, 3.63) is 71.9 Å². The molecule has 0 bridgehead atoms. The molecule has 6 rings (SSSR count). The predicted molar refractivity (Wildman–Crippen MR) is 133 cm³/mol. The smallest absolute Gasteiger partial charge is 0.176 e. The summed E-state index contributed by atoms with van der Waals surface area (Å²) in [5.74, 6) is 0. The van der Waals surface area contributed by atoms with E-state index in [4.69, 9.17) is 4.98 Å². The summed E-state index contributed by atoms with van der Waals surface area (Å²) in [6.07, 6.45) is 7.22.